The van der Waals surface area contributed by atoms with Gasteiger partial charge in [-0.25, -0.2) is 19.7 Å². The first-order chi connectivity index (χ1) is 16.5. The van der Waals surface area contributed by atoms with E-state index in [0.717, 1.165) is 0 Å². The highest BCUT2D eigenvalue weighted by molar-refractivity contribution is 6.35. The zero-order valence-electron chi connectivity index (χ0n) is 19.9. The van der Waals surface area contributed by atoms with E-state index in [1.807, 2.05) is 6.07 Å². The van der Waals surface area contributed by atoms with Crippen LogP contribution in [0.5, 0.6) is 0 Å². The largest absolute Gasteiger partial charge is 0.444 e. The van der Waals surface area contributed by atoms with Crippen LogP contribution in [-0.2, 0) is 11.3 Å². The van der Waals surface area contributed by atoms with Crippen LogP contribution in [0.2, 0.25) is 5.02 Å². The number of aromatic nitrogens is 4. The monoisotopic (exact) mass is 498 g/mol. The van der Waals surface area contributed by atoms with E-state index in [9.17, 15) is 14.9 Å². The van der Waals surface area contributed by atoms with Gasteiger partial charge < -0.3 is 21.1 Å². The molecule has 4 N–H and O–H groups in total. The van der Waals surface area contributed by atoms with Gasteiger partial charge in [0.25, 0.3) is 5.56 Å². The van der Waals surface area contributed by atoms with Gasteiger partial charge in [-0.05, 0) is 46.2 Å². The molecule has 2 heterocycles. The molecule has 3 rings (SSSR count). The number of hydrogen-bond donors (Lipinski definition) is 3. The van der Waals surface area contributed by atoms with Gasteiger partial charge in [0.2, 0.25) is 0 Å². The summed E-state index contributed by atoms with van der Waals surface area (Å²) in [5.74, 6) is 0.676. The lowest BCUT2D eigenvalue weighted by Crippen LogP contribution is -2.34. The van der Waals surface area contributed by atoms with Crippen molar-refractivity contribution in [1.82, 2.24) is 24.8 Å². The van der Waals surface area contributed by atoms with Gasteiger partial charge in [-0.2, -0.15) is 5.26 Å². The molecule has 0 aliphatic rings. The SMILES string of the molecule is C[C@H](Nc1ncnc(N)c1C#N)c1nc2cccc(Cl)c2c(=O)n1CCCNC(=O)OC(C)(C)C. The number of amides is 1. The topological polar surface area (TPSA) is 161 Å². The van der Waals surface area contributed by atoms with Crippen LogP contribution < -0.4 is 21.9 Å². The highest BCUT2D eigenvalue weighted by Gasteiger charge is 2.21. The second kappa shape index (κ2) is 10.6. The van der Waals surface area contributed by atoms with Crippen molar-refractivity contribution >= 4 is 40.2 Å². The molecule has 184 valence electrons. The molecule has 1 aromatic carbocycles. The summed E-state index contributed by atoms with van der Waals surface area (Å²) in [7, 11) is 0. The van der Waals surface area contributed by atoms with Crippen molar-refractivity contribution in [2.24, 2.45) is 0 Å². The Bertz CT molecular complexity index is 1340. The third-order valence-electron chi connectivity index (χ3n) is 4.92. The number of ether oxygens (including phenoxy) is 1. The Morgan fingerprint density at radius 2 is 2.09 bits per heavy atom. The maximum Gasteiger partial charge on any atom is 0.407 e. The summed E-state index contributed by atoms with van der Waals surface area (Å²) >= 11 is 6.31. The first-order valence-corrected chi connectivity index (χ1v) is 11.3. The summed E-state index contributed by atoms with van der Waals surface area (Å²) in [5, 5.41) is 15.8. The van der Waals surface area contributed by atoms with Crippen LogP contribution in [0, 0.1) is 11.3 Å². The fraction of sp³-hybridized carbons (Fsp3) is 0.391. The Morgan fingerprint density at radius 3 is 2.77 bits per heavy atom. The third kappa shape index (κ3) is 6.16. The van der Waals surface area contributed by atoms with Gasteiger partial charge >= 0.3 is 6.09 Å². The number of rotatable bonds is 7. The quantitative estimate of drug-likeness (QED) is 0.414. The predicted octanol–water partition coefficient (Wildman–Crippen LogP) is 3.38. The summed E-state index contributed by atoms with van der Waals surface area (Å²) in [5.41, 5.74) is 5.40. The molecule has 35 heavy (non-hydrogen) atoms. The zero-order valence-corrected chi connectivity index (χ0v) is 20.7. The van der Waals surface area contributed by atoms with Crippen molar-refractivity contribution in [3.05, 3.63) is 51.3 Å². The minimum atomic E-state index is -0.610. The van der Waals surface area contributed by atoms with Gasteiger partial charge in [0.05, 0.1) is 22.0 Å². The van der Waals surface area contributed by atoms with Gasteiger partial charge in [-0.15, -0.1) is 0 Å². The van der Waals surface area contributed by atoms with E-state index in [0.29, 0.717) is 28.2 Å². The van der Waals surface area contributed by atoms with E-state index in [2.05, 4.69) is 25.6 Å². The standard InChI is InChI=1S/C23H27ClN8O3/c1-13(30-19-14(11-25)18(26)28-12-29-19)20-31-16-8-5-7-15(24)17(16)21(33)32(20)10-6-9-27-22(34)35-23(2,3)4/h5,7-8,12-13H,6,9-10H2,1-4H3,(H,27,34)(H3,26,28,29,30)/t13-/m0/s1. The second-order valence-electron chi connectivity index (χ2n) is 8.80. The van der Waals surface area contributed by atoms with Gasteiger partial charge in [0.15, 0.2) is 0 Å². The highest BCUT2D eigenvalue weighted by atomic mass is 35.5. The molecule has 0 spiro atoms. The van der Waals surface area contributed by atoms with Gasteiger partial charge in [0, 0.05) is 13.1 Å². The Hall–Kier alpha value is -3.91. The van der Waals surface area contributed by atoms with Gasteiger partial charge in [0.1, 0.15) is 41.0 Å². The Balaban J connectivity index is 1.91. The molecule has 0 aliphatic heterocycles. The lowest BCUT2D eigenvalue weighted by atomic mass is 10.2. The Morgan fingerprint density at radius 1 is 1.34 bits per heavy atom. The van der Waals surface area contributed by atoms with E-state index >= 15 is 0 Å². The number of nitriles is 1. The Labute approximate surface area is 207 Å². The van der Waals surface area contributed by atoms with Crippen LogP contribution in [0.1, 0.15) is 51.5 Å². The number of halogens is 1. The number of hydrogen-bond acceptors (Lipinski definition) is 9. The maximum absolute atomic E-state index is 13.4. The summed E-state index contributed by atoms with van der Waals surface area (Å²) in [6.45, 7) is 7.65. The molecular weight excluding hydrogens is 472 g/mol. The average molecular weight is 499 g/mol. The number of nitrogens with one attached hydrogen (secondary N) is 2. The van der Waals surface area contributed by atoms with Crippen LogP contribution in [0.4, 0.5) is 16.4 Å². The molecule has 12 heteroatoms. The molecule has 3 aromatic rings. The van der Waals surface area contributed by atoms with Crippen molar-refractivity contribution in [3.8, 4) is 6.07 Å². The molecule has 0 radical (unpaired) electrons. The lowest BCUT2D eigenvalue weighted by molar-refractivity contribution is 0.0526. The zero-order chi connectivity index (χ0) is 25.8. The fourth-order valence-electron chi connectivity index (χ4n) is 3.42. The summed E-state index contributed by atoms with van der Waals surface area (Å²) < 4.78 is 6.74. The fourth-order valence-corrected chi connectivity index (χ4v) is 3.67. The molecule has 0 aliphatic carbocycles. The van der Waals surface area contributed by atoms with Crippen LogP contribution in [0.3, 0.4) is 0 Å². The van der Waals surface area contributed by atoms with Crippen LogP contribution in [0.15, 0.2) is 29.3 Å². The smallest absolute Gasteiger partial charge is 0.407 e. The average Bonchev–Trinajstić information content (AvgIpc) is 2.76. The predicted molar refractivity (Wildman–Crippen MR) is 133 cm³/mol. The molecule has 0 saturated heterocycles. The summed E-state index contributed by atoms with van der Waals surface area (Å²) in [6, 6.07) is 6.50. The number of nitrogens with two attached hydrogens (primary N) is 1. The minimum Gasteiger partial charge on any atom is -0.444 e. The number of nitrogens with zero attached hydrogens (tertiary/aromatic N) is 5. The first kappa shape index (κ1) is 25.7. The number of anilines is 2. The molecule has 0 unspecified atom stereocenters. The van der Waals surface area contributed by atoms with E-state index < -0.39 is 17.7 Å². The first-order valence-electron chi connectivity index (χ1n) is 10.9. The minimum absolute atomic E-state index is 0.0426. The third-order valence-corrected chi connectivity index (χ3v) is 5.23. The van der Waals surface area contributed by atoms with Gasteiger partial charge in [-0.3, -0.25) is 9.36 Å². The molecule has 11 nitrogen and oxygen atoms in total. The maximum atomic E-state index is 13.4. The number of benzene rings is 1. The number of carbonyl (C=O) groups is 1. The van der Waals surface area contributed by atoms with Crippen molar-refractivity contribution in [3.63, 3.8) is 0 Å². The van der Waals surface area contributed by atoms with E-state index in [1.165, 1.54) is 10.9 Å². The second-order valence-corrected chi connectivity index (χ2v) is 9.21. The highest BCUT2D eigenvalue weighted by Crippen LogP contribution is 2.24. The van der Waals surface area contributed by atoms with E-state index in [-0.39, 0.29) is 35.8 Å². The number of fused-ring (bicyclic) bond motifs is 1. The van der Waals surface area contributed by atoms with Crippen molar-refractivity contribution in [2.45, 2.75) is 52.3 Å². The number of alkyl carbamates (subject to hydrolysis) is 1. The molecule has 2 aromatic heterocycles. The number of nitrogen functional groups attached to an aromatic ring is 1. The normalized spacial score (nSPS) is 12.1. The van der Waals surface area contributed by atoms with Crippen molar-refractivity contribution < 1.29 is 9.53 Å². The molecule has 0 fully saturated rings. The lowest BCUT2D eigenvalue weighted by Gasteiger charge is -2.21. The van der Waals surface area contributed by atoms with Crippen molar-refractivity contribution in [1.29, 1.82) is 5.26 Å². The van der Waals surface area contributed by atoms with Crippen LogP contribution >= 0.6 is 11.6 Å². The van der Waals surface area contributed by atoms with Crippen LogP contribution in [-0.4, -0.2) is 37.8 Å². The number of carbonyl (C=O) groups excluding carboxylic acids is 1. The van der Waals surface area contributed by atoms with Crippen molar-refractivity contribution in [2.75, 3.05) is 17.6 Å². The van der Waals surface area contributed by atoms with Gasteiger partial charge in [-0.1, -0.05) is 17.7 Å². The van der Waals surface area contributed by atoms with E-state index in [4.69, 9.17) is 22.1 Å². The Kier molecular flexibility index (Phi) is 7.76. The molecule has 1 atom stereocenters. The molecular formula is C23H27ClN8O3. The van der Waals surface area contributed by atoms with Crippen LogP contribution in [0.25, 0.3) is 10.9 Å². The molecule has 0 saturated carbocycles. The summed E-state index contributed by atoms with van der Waals surface area (Å²) in [6.07, 6.45) is 1.14. The summed E-state index contributed by atoms with van der Waals surface area (Å²) in [4.78, 5) is 38.0. The molecule has 0 bridgehead atoms. The van der Waals surface area contributed by atoms with E-state index in [1.54, 1.807) is 45.9 Å². The molecule has 1 amide bonds.